The number of thiophene rings is 1. The Labute approximate surface area is 167 Å². The summed E-state index contributed by atoms with van der Waals surface area (Å²) in [6, 6.07) is 8.47. The molecule has 0 aliphatic carbocycles. The monoisotopic (exact) mass is 398 g/mol. The van der Waals surface area contributed by atoms with Crippen molar-refractivity contribution >= 4 is 17.2 Å². The van der Waals surface area contributed by atoms with Gasteiger partial charge < -0.3 is 5.73 Å². The van der Waals surface area contributed by atoms with Gasteiger partial charge in [-0.3, -0.25) is 9.69 Å². The summed E-state index contributed by atoms with van der Waals surface area (Å²) in [6.45, 7) is 5.52. The van der Waals surface area contributed by atoms with E-state index in [0.29, 0.717) is 12.2 Å². The molecule has 3 aromatic rings. The second kappa shape index (κ2) is 7.48. The summed E-state index contributed by atoms with van der Waals surface area (Å²) in [4.78, 5) is 16.3. The van der Waals surface area contributed by atoms with Crippen LogP contribution in [0.4, 0.5) is 4.39 Å². The third kappa shape index (κ3) is 3.47. The number of aryl methyl sites for hydroxylation is 2. The lowest BCUT2D eigenvalue weighted by Crippen LogP contribution is -2.39. The van der Waals surface area contributed by atoms with Gasteiger partial charge >= 0.3 is 0 Å². The number of benzene rings is 1. The first kappa shape index (κ1) is 18.8. The number of hydrogen-bond donors (Lipinski definition) is 1. The zero-order chi connectivity index (χ0) is 19.8. The summed E-state index contributed by atoms with van der Waals surface area (Å²) in [6.07, 6.45) is 3.60. The third-order valence-corrected chi connectivity index (χ3v) is 6.22. The predicted molar refractivity (Wildman–Crippen MR) is 109 cm³/mol. The molecule has 4 rings (SSSR count). The van der Waals surface area contributed by atoms with Gasteiger partial charge in [0.1, 0.15) is 11.5 Å². The average Bonchev–Trinajstić information content (AvgIpc) is 3.34. The first-order chi connectivity index (χ1) is 13.4. The van der Waals surface area contributed by atoms with Crippen LogP contribution >= 0.6 is 11.3 Å². The van der Waals surface area contributed by atoms with E-state index in [1.165, 1.54) is 15.8 Å². The van der Waals surface area contributed by atoms with E-state index in [0.717, 1.165) is 36.2 Å². The first-order valence-corrected chi connectivity index (χ1v) is 10.2. The summed E-state index contributed by atoms with van der Waals surface area (Å²) in [5, 5.41) is 4.74. The Morgan fingerprint density at radius 2 is 2.14 bits per heavy atom. The summed E-state index contributed by atoms with van der Waals surface area (Å²) in [5.41, 5.74) is 8.86. The molecule has 0 radical (unpaired) electrons. The summed E-state index contributed by atoms with van der Waals surface area (Å²) >= 11 is 1.72. The van der Waals surface area contributed by atoms with E-state index in [9.17, 15) is 9.18 Å². The lowest BCUT2D eigenvalue weighted by Gasteiger charge is -2.21. The summed E-state index contributed by atoms with van der Waals surface area (Å²) < 4.78 is 15.9. The molecule has 1 amide bonds. The van der Waals surface area contributed by atoms with Crippen molar-refractivity contribution in [3.63, 3.8) is 0 Å². The number of primary amides is 1. The Kier molecular flexibility index (Phi) is 5.03. The van der Waals surface area contributed by atoms with E-state index in [1.807, 2.05) is 6.20 Å². The number of nitrogens with two attached hydrogens (primary N) is 1. The van der Waals surface area contributed by atoms with Gasteiger partial charge in [-0.05, 0) is 51.4 Å². The molecule has 1 aliphatic heterocycles. The Morgan fingerprint density at radius 1 is 1.36 bits per heavy atom. The van der Waals surface area contributed by atoms with Crippen molar-refractivity contribution in [2.24, 2.45) is 5.73 Å². The van der Waals surface area contributed by atoms with Crippen LogP contribution in [0.25, 0.3) is 16.9 Å². The standard InChI is InChI=1S/C21H23FN4OS/c1-13-10-16(14(2)28-13)20-15(11-25-9-5-8-19(25)21(23)27)12-26(24-20)18-7-4-3-6-17(18)22/h3-4,6-7,10,12,19H,5,8-9,11H2,1-2H3,(H2,23,27)/t19-/m0/s1. The van der Waals surface area contributed by atoms with Crippen LogP contribution in [0.1, 0.15) is 28.2 Å². The number of likely N-dealkylation sites (tertiary alicyclic amines) is 1. The fraction of sp³-hybridized carbons (Fsp3) is 0.333. The summed E-state index contributed by atoms with van der Waals surface area (Å²) in [7, 11) is 0. The van der Waals surface area contributed by atoms with Gasteiger partial charge in [-0.2, -0.15) is 5.10 Å². The van der Waals surface area contributed by atoms with Crippen molar-refractivity contribution in [2.75, 3.05) is 6.54 Å². The molecule has 7 heteroatoms. The fourth-order valence-corrected chi connectivity index (χ4v) is 4.86. The molecule has 0 unspecified atom stereocenters. The number of nitrogens with zero attached hydrogens (tertiary/aromatic N) is 3. The molecule has 1 aliphatic rings. The number of amides is 1. The largest absolute Gasteiger partial charge is 0.368 e. The van der Waals surface area contributed by atoms with Crippen LogP contribution in [0.3, 0.4) is 0 Å². The van der Waals surface area contributed by atoms with Crippen molar-refractivity contribution in [1.82, 2.24) is 14.7 Å². The molecule has 0 spiro atoms. The van der Waals surface area contributed by atoms with Crippen molar-refractivity contribution < 1.29 is 9.18 Å². The maximum Gasteiger partial charge on any atom is 0.234 e. The Bertz CT molecular complexity index is 1030. The van der Waals surface area contributed by atoms with Gasteiger partial charge in [0.25, 0.3) is 0 Å². The molecule has 1 fully saturated rings. The minimum atomic E-state index is -0.322. The highest BCUT2D eigenvalue weighted by atomic mass is 32.1. The second-order valence-electron chi connectivity index (χ2n) is 7.26. The zero-order valence-electron chi connectivity index (χ0n) is 16.0. The minimum Gasteiger partial charge on any atom is -0.368 e. The van der Waals surface area contributed by atoms with Crippen molar-refractivity contribution in [2.45, 2.75) is 39.3 Å². The van der Waals surface area contributed by atoms with Crippen LogP contribution in [-0.4, -0.2) is 33.2 Å². The highest BCUT2D eigenvalue weighted by Crippen LogP contribution is 2.34. The molecule has 1 atom stereocenters. The van der Waals surface area contributed by atoms with Gasteiger partial charge in [0.2, 0.25) is 5.91 Å². The molecule has 28 heavy (non-hydrogen) atoms. The van der Waals surface area contributed by atoms with Crippen LogP contribution in [0.2, 0.25) is 0 Å². The van der Waals surface area contributed by atoms with E-state index in [2.05, 4.69) is 24.8 Å². The van der Waals surface area contributed by atoms with Gasteiger partial charge in [-0.1, -0.05) is 12.1 Å². The Balaban J connectivity index is 1.78. The van der Waals surface area contributed by atoms with Gasteiger partial charge in [-0.15, -0.1) is 11.3 Å². The van der Waals surface area contributed by atoms with Crippen LogP contribution in [0, 0.1) is 19.7 Å². The SMILES string of the molecule is Cc1cc(-c2nn(-c3ccccc3F)cc2CN2CCC[C@H]2C(N)=O)c(C)s1. The highest BCUT2D eigenvalue weighted by Gasteiger charge is 2.30. The quantitative estimate of drug-likeness (QED) is 0.711. The normalized spacial score (nSPS) is 17.3. The van der Waals surface area contributed by atoms with Crippen molar-refractivity contribution in [3.05, 3.63) is 57.7 Å². The fourth-order valence-electron chi connectivity index (χ4n) is 3.94. The molecule has 5 nitrogen and oxygen atoms in total. The van der Waals surface area contributed by atoms with Gasteiger partial charge in [0, 0.05) is 33.6 Å². The van der Waals surface area contributed by atoms with Crippen LogP contribution in [0.15, 0.2) is 36.5 Å². The third-order valence-electron chi connectivity index (χ3n) is 5.25. The molecule has 1 aromatic carbocycles. The number of aromatic nitrogens is 2. The van der Waals surface area contributed by atoms with E-state index < -0.39 is 0 Å². The predicted octanol–water partition coefficient (Wildman–Crippen LogP) is 3.81. The molecule has 2 aromatic heterocycles. The lowest BCUT2D eigenvalue weighted by atomic mass is 10.1. The smallest absolute Gasteiger partial charge is 0.234 e. The molecular formula is C21H23FN4OS. The molecule has 0 saturated carbocycles. The topological polar surface area (TPSA) is 64.2 Å². The number of rotatable bonds is 5. The van der Waals surface area contributed by atoms with Crippen LogP contribution < -0.4 is 5.73 Å². The van der Waals surface area contributed by atoms with Gasteiger partial charge in [0.05, 0.1) is 11.7 Å². The minimum absolute atomic E-state index is 0.255. The maximum atomic E-state index is 14.3. The molecule has 2 N–H and O–H groups in total. The van der Waals surface area contributed by atoms with Gasteiger partial charge in [0.15, 0.2) is 0 Å². The van der Waals surface area contributed by atoms with Crippen LogP contribution in [0.5, 0.6) is 0 Å². The maximum absolute atomic E-state index is 14.3. The number of halogens is 1. The van der Waals surface area contributed by atoms with Crippen LogP contribution in [-0.2, 0) is 11.3 Å². The molecule has 146 valence electrons. The molecule has 3 heterocycles. The number of para-hydroxylation sites is 1. The average molecular weight is 399 g/mol. The molecular weight excluding hydrogens is 375 g/mol. The van der Waals surface area contributed by atoms with E-state index in [4.69, 9.17) is 10.8 Å². The number of carbonyl (C=O) groups is 1. The number of hydrogen-bond acceptors (Lipinski definition) is 4. The Hall–Kier alpha value is -2.51. The second-order valence-corrected chi connectivity index (χ2v) is 8.72. The van der Waals surface area contributed by atoms with Crippen molar-refractivity contribution in [1.29, 1.82) is 0 Å². The highest BCUT2D eigenvalue weighted by molar-refractivity contribution is 7.12. The first-order valence-electron chi connectivity index (χ1n) is 9.38. The van der Waals surface area contributed by atoms with Crippen molar-refractivity contribution in [3.8, 4) is 16.9 Å². The zero-order valence-corrected chi connectivity index (χ0v) is 16.8. The Morgan fingerprint density at radius 3 is 2.82 bits per heavy atom. The van der Waals surface area contributed by atoms with E-state index in [1.54, 1.807) is 34.2 Å². The van der Waals surface area contributed by atoms with E-state index in [-0.39, 0.29) is 17.8 Å². The van der Waals surface area contributed by atoms with Gasteiger partial charge in [-0.25, -0.2) is 9.07 Å². The molecule has 1 saturated heterocycles. The summed E-state index contributed by atoms with van der Waals surface area (Å²) in [5.74, 6) is -0.611. The number of carbonyl (C=O) groups excluding carboxylic acids is 1. The lowest BCUT2D eigenvalue weighted by molar-refractivity contribution is -0.122. The molecule has 0 bridgehead atoms. The van der Waals surface area contributed by atoms with E-state index >= 15 is 0 Å².